The first kappa shape index (κ1) is 17.8. The van der Waals surface area contributed by atoms with Crippen LogP contribution >= 0.6 is 0 Å². The summed E-state index contributed by atoms with van der Waals surface area (Å²) in [6, 6.07) is 18.5. The minimum Gasteiger partial charge on any atom is -0.496 e. The molecule has 2 aliphatic heterocycles. The molecule has 0 radical (unpaired) electrons. The molecule has 0 unspecified atom stereocenters. The number of hydrogen-bond acceptors (Lipinski definition) is 5. The molecule has 2 aliphatic rings. The van der Waals surface area contributed by atoms with Crippen LogP contribution in [0.5, 0.6) is 5.75 Å². The zero-order valence-electron chi connectivity index (χ0n) is 15.7. The molecule has 28 heavy (non-hydrogen) atoms. The van der Waals surface area contributed by atoms with Crippen LogP contribution in [0.1, 0.15) is 24.0 Å². The lowest BCUT2D eigenvalue weighted by atomic mass is 9.69. The van der Waals surface area contributed by atoms with Gasteiger partial charge in [-0.25, -0.2) is 0 Å². The largest absolute Gasteiger partial charge is 0.496 e. The van der Waals surface area contributed by atoms with E-state index in [2.05, 4.69) is 12.1 Å². The van der Waals surface area contributed by atoms with Gasteiger partial charge in [0.25, 0.3) is 0 Å². The summed E-state index contributed by atoms with van der Waals surface area (Å²) in [5, 5.41) is 20.4. The number of methoxy groups -OCH3 is 1. The molecule has 0 aliphatic carbocycles. The molecule has 2 aromatic rings. The van der Waals surface area contributed by atoms with Gasteiger partial charge in [0.1, 0.15) is 5.75 Å². The van der Waals surface area contributed by atoms with Crippen LogP contribution in [0.4, 0.5) is 5.69 Å². The minimum atomic E-state index is -1.42. The van der Waals surface area contributed by atoms with Gasteiger partial charge in [-0.2, -0.15) is 10.5 Å². The molecule has 1 saturated heterocycles. The normalized spacial score (nSPS) is 23.9. The minimum absolute atomic E-state index is 0.0848. The van der Waals surface area contributed by atoms with Gasteiger partial charge in [-0.05, 0) is 24.6 Å². The van der Waals surface area contributed by atoms with E-state index in [0.29, 0.717) is 11.3 Å². The molecule has 2 aromatic carbocycles. The lowest BCUT2D eigenvalue weighted by molar-refractivity contribution is -0.118. The van der Waals surface area contributed by atoms with E-state index in [0.717, 1.165) is 11.3 Å². The Morgan fingerprint density at radius 3 is 2.46 bits per heavy atom. The molecule has 0 bridgehead atoms. The number of para-hydroxylation sites is 2. The highest BCUT2D eigenvalue weighted by Crippen LogP contribution is 2.56. The number of nitriles is 2. The highest BCUT2D eigenvalue weighted by atomic mass is 16.5. The number of nitrogens with zero attached hydrogens (tertiary/aromatic N) is 3. The van der Waals surface area contributed by atoms with Crippen LogP contribution in [-0.2, 0) is 4.79 Å². The molecule has 0 saturated carbocycles. The molecule has 5 nitrogen and oxygen atoms in total. The molecule has 0 N–H and O–H groups in total. The van der Waals surface area contributed by atoms with Gasteiger partial charge in [-0.3, -0.25) is 4.79 Å². The highest BCUT2D eigenvalue weighted by molar-refractivity contribution is 5.91. The van der Waals surface area contributed by atoms with Crippen molar-refractivity contribution in [2.45, 2.75) is 24.9 Å². The molecular weight excluding hydrogens is 350 g/mol. The molecule has 3 atom stereocenters. The number of ether oxygens (including phenoxy) is 1. The van der Waals surface area contributed by atoms with Crippen LogP contribution in [0, 0.1) is 28.1 Å². The highest BCUT2D eigenvalue weighted by Gasteiger charge is 2.63. The number of carbonyl (C=O) groups excluding carboxylic acids is 1. The van der Waals surface area contributed by atoms with E-state index in [-0.39, 0.29) is 5.78 Å². The van der Waals surface area contributed by atoms with Crippen molar-refractivity contribution in [3.8, 4) is 17.9 Å². The lowest BCUT2D eigenvalue weighted by Crippen LogP contribution is -2.43. The summed E-state index contributed by atoms with van der Waals surface area (Å²) in [6.45, 7) is 1.52. The molecule has 1 fully saturated rings. The first-order chi connectivity index (χ1) is 13.6. The summed E-state index contributed by atoms with van der Waals surface area (Å²) in [5.41, 5.74) is 1.11. The van der Waals surface area contributed by atoms with Crippen LogP contribution < -0.4 is 9.64 Å². The van der Waals surface area contributed by atoms with Crippen molar-refractivity contribution in [2.24, 2.45) is 5.41 Å². The maximum absolute atomic E-state index is 12.9. The van der Waals surface area contributed by atoms with Gasteiger partial charge in [-0.1, -0.05) is 48.6 Å². The van der Waals surface area contributed by atoms with Gasteiger partial charge in [0.15, 0.2) is 11.2 Å². The standard InChI is InChI=1S/C23H19N3O2/c1-15(27)22-21(17-8-4-6-10-19(17)28-2)23(13-24,14-25)20-12-11-16-7-3-5-9-18(16)26(20)22/h3-12,20-22H,1-2H3/t20-,21-,22+/m1/s1. The average molecular weight is 369 g/mol. The average Bonchev–Trinajstić information content (AvgIpc) is 3.04. The van der Waals surface area contributed by atoms with Crippen molar-refractivity contribution in [1.29, 1.82) is 10.5 Å². The van der Waals surface area contributed by atoms with Crippen molar-refractivity contribution in [3.05, 3.63) is 65.7 Å². The molecule has 4 rings (SSSR count). The Morgan fingerprint density at radius 1 is 1.11 bits per heavy atom. The van der Waals surface area contributed by atoms with Crippen LogP contribution in [0.2, 0.25) is 0 Å². The quantitative estimate of drug-likeness (QED) is 0.825. The van der Waals surface area contributed by atoms with Gasteiger partial charge in [-0.15, -0.1) is 0 Å². The molecule has 0 amide bonds. The SMILES string of the molecule is COc1ccccc1[C@@H]1[C@H](C(C)=O)N2c3ccccc3C=C[C@@H]2C1(C#N)C#N. The van der Waals surface area contributed by atoms with E-state index in [9.17, 15) is 15.3 Å². The van der Waals surface area contributed by atoms with Crippen LogP contribution in [0.15, 0.2) is 54.6 Å². The first-order valence-electron chi connectivity index (χ1n) is 9.10. The van der Waals surface area contributed by atoms with E-state index in [1.54, 1.807) is 13.2 Å². The predicted molar refractivity (Wildman–Crippen MR) is 106 cm³/mol. The Balaban J connectivity index is 2.03. The Bertz CT molecular complexity index is 1050. The number of anilines is 1. The maximum Gasteiger partial charge on any atom is 0.176 e. The summed E-state index contributed by atoms with van der Waals surface area (Å²) in [6.07, 6.45) is 3.81. The third-order valence-corrected chi connectivity index (χ3v) is 5.81. The van der Waals surface area contributed by atoms with Crippen molar-refractivity contribution < 1.29 is 9.53 Å². The van der Waals surface area contributed by atoms with Crippen molar-refractivity contribution in [3.63, 3.8) is 0 Å². The summed E-state index contributed by atoms with van der Waals surface area (Å²) in [5.74, 6) is -0.152. The van der Waals surface area contributed by atoms with Crippen LogP contribution in [0.25, 0.3) is 6.08 Å². The Labute approximate surface area is 164 Å². The third-order valence-electron chi connectivity index (χ3n) is 5.81. The Hall–Kier alpha value is -3.57. The second kappa shape index (κ2) is 6.55. The van der Waals surface area contributed by atoms with E-state index in [1.807, 2.05) is 59.5 Å². The van der Waals surface area contributed by atoms with E-state index in [4.69, 9.17) is 4.74 Å². The molecule has 5 heteroatoms. The van der Waals surface area contributed by atoms with Gasteiger partial charge < -0.3 is 9.64 Å². The van der Waals surface area contributed by atoms with E-state index in [1.165, 1.54) is 6.92 Å². The second-order valence-corrected chi connectivity index (χ2v) is 7.14. The second-order valence-electron chi connectivity index (χ2n) is 7.14. The molecular formula is C23H19N3O2. The van der Waals surface area contributed by atoms with Crippen LogP contribution in [0.3, 0.4) is 0 Å². The zero-order chi connectivity index (χ0) is 19.9. The van der Waals surface area contributed by atoms with Crippen LogP contribution in [-0.4, -0.2) is 25.0 Å². The summed E-state index contributed by atoms with van der Waals surface area (Å²) >= 11 is 0. The topological polar surface area (TPSA) is 77.1 Å². The number of benzene rings is 2. The summed E-state index contributed by atoms with van der Waals surface area (Å²) in [7, 11) is 1.56. The van der Waals surface area contributed by atoms with Gasteiger partial charge in [0.2, 0.25) is 0 Å². The smallest absolute Gasteiger partial charge is 0.176 e. The van der Waals surface area contributed by atoms with Gasteiger partial charge in [0, 0.05) is 17.2 Å². The predicted octanol–water partition coefficient (Wildman–Crippen LogP) is 3.69. The molecule has 0 spiro atoms. The number of ketones is 1. The number of hydrogen-bond donors (Lipinski definition) is 0. The Morgan fingerprint density at radius 2 is 1.79 bits per heavy atom. The summed E-state index contributed by atoms with van der Waals surface area (Å²) < 4.78 is 5.52. The first-order valence-corrected chi connectivity index (χ1v) is 9.10. The number of Topliss-reactive ketones (excluding diaryl/α,β-unsaturated/α-hetero) is 1. The fourth-order valence-electron chi connectivity index (χ4n) is 4.65. The maximum atomic E-state index is 12.9. The number of rotatable bonds is 3. The van der Waals surface area contributed by atoms with E-state index < -0.39 is 23.4 Å². The fourth-order valence-corrected chi connectivity index (χ4v) is 4.65. The molecule has 2 heterocycles. The zero-order valence-corrected chi connectivity index (χ0v) is 15.7. The van der Waals surface area contributed by atoms with Gasteiger partial charge in [0.05, 0.1) is 31.3 Å². The van der Waals surface area contributed by atoms with Crippen molar-refractivity contribution >= 4 is 17.5 Å². The monoisotopic (exact) mass is 369 g/mol. The summed E-state index contributed by atoms with van der Waals surface area (Å²) in [4.78, 5) is 14.8. The third kappa shape index (κ3) is 2.27. The molecule has 0 aromatic heterocycles. The number of carbonyl (C=O) groups is 1. The van der Waals surface area contributed by atoms with Gasteiger partial charge >= 0.3 is 0 Å². The lowest BCUT2D eigenvalue weighted by Gasteiger charge is -2.35. The molecule has 138 valence electrons. The van der Waals surface area contributed by atoms with E-state index >= 15 is 0 Å². The number of fused-ring (bicyclic) bond motifs is 3. The fraction of sp³-hybridized carbons (Fsp3) is 0.261. The Kier molecular flexibility index (Phi) is 4.17. The van der Waals surface area contributed by atoms with Crippen molar-refractivity contribution in [1.82, 2.24) is 0 Å². The van der Waals surface area contributed by atoms with Crippen molar-refractivity contribution in [2.75, 3.05) is 12.0 Å².